The number of para-hydroxylation sites is 1. The lowest BCUT2D eigenvalue weighted by molar-refractivity contribution is -0.122. The molecule has 0 aliphatic heterocycles. The lowest BCUT2D eigenvalue weighted by Crippen LogP contribution is -2.30. The number of benzene rings is 2. The largest absolute Gasteiger partial charge is 0.481 e. The number of nitrogens with one attached hydrogen (secondary N) is 1. The number of amides is 1. The Balaban J connectivity index is 2.04. The van der Waals surface area contributed by atoms with Crippen molar-refractivity contribution in [2.24, 2.45) is 0 Å². The first-order valence-electron chi connectivity index (χ1n) is 6.76. The van der Waals surface area contributed by atoms with Crippen molar-refractivity contribution < 1.29 is 13.9 Å². The zero-order chi connectivity index (χ0) is 15.4. The van der Waals surface area contributed by atoms with Gasteiger partial charge in [0, 0.05) is 0 Å². The number of hydrogen-bond acceptors (Lipinski definition) is 2. The van der Waals surface area contributed by atoms with Crippen LogP contribution in [0.3, 0.4) is 0 Å². The molecule has 0 spiro atoms. The summed E-state index contributed by atoms with van der Waals surface area (Å²) in [5.74, 6) is -0.229. The normalized spacial score (nSPS) is 11.8. The molecule has 1 unspecified atom stereocenters. The van der Waals surface area contributed by atoms with Gasteiger partial charge in [0.05, 0.1) is 5.69 Å². The number of aryl methyl sites for hydroxylation is 2. The van der Waals surface area contributed by atoms with Crippen LogP contribution in [0.5, 0.6) is 5.75 Å². The maximum Gasteiger partial charge on any atom is 0.265 e. The molecule has 2 rings (SSSR count). The molecule has 4 heteroatoms. The summed E-state index contributed by atoms with van der Waals surface area (Å²) < 4.78 is 19.1. The predicted molar refractivity (Wildman–Crippen MR) is 81.0 cm³/mol. The molecule has 0 saturated carbocycles. The van der Waals surface area contributed by atoms with Gasteiger partial charge in [-0.25, -0.2) is 4.39 Å². The summed E-state index contributed by atoms with van der Waals surface area (Å²) in [7, 11) is 0. The van der Waals surface area contributed by atoms with Crippen molar-refractivity contribution in [3.05, 3.63) is 59.4 Å². The molecule has 0 aromatic heterocycles. The van der Waals surface area contributed by atoms with Gasteiger partial charge < -0.3 is 10.1 Å². The van der Waals surface area contributed by atoms with Gasteiger partial charge in [-0.05, 0) is 56.2 Å². The summed E-state index contributed by atoms with van der Waals surface area (Å²) in [6.07, 6.45) is -0.717. The minimum absolute atomic E-state index is 0.151. The van der Waals surface area contributed by atoms with E-state index in [1.165, 1.54) is 12.1 Å². The van der Waals surface area contributed by atoms with Crippen molar-refractivity contribution >= 4 is 11.6 Å². The van der Waals surface area contributed by atoms with Gasteiger partial charge in [0.2, 0.25) is 0 Å². The maximum absolute atomic E-state index is 13.5. The Kier molecular flexibility index (Phi) is 4.58. The van der Waals surface area contributed by atoms with Crippen LogP contribution >= 0.6 is 0 Å². The first kappa shape index (κ1) is 15.0. The van der Waals surface area contributed by atoms with Gasteiger partial charge in [-0.2, -0.15) is 0 Å². The molecule has 0 aliphatic rings. The standard InChI is InChI=1S/C17H18FNO2/c1-11-8-12(2)10-14(9-11)21-13(3)17(20)19-16-7-5-4-6-15(16)18/h4-10,13H,1-3H3,(H,19,20). The monoisotopic (exact) mass is 287 g/mol. The van der Waals surface area contributed by atoms with Crippen LogP contribution in [0.15, 0.2) is 42.5 Å². The lowest BCUT2D eigenvalue weighted by Gasteiger charge is -2.16. The molecule has 0 radical (unpaired) electrons. The number of rotatable bonds is 4. The van der Waals surface area contributed by atoms with Gasteiger partial charge in [-0.1, -0.05) is 18.2 Å². The van der Waals surface area contributed by atoms with E-state index >= 15 is 0 Å². The molecule has 0 fully saturated rings. The summed E-state index contributed by atoms with van der Waals surface area (Å²) in [5.41, 5.74) is 2.27. The molecular formula is C17H18FNO2. The van der Waals surface area contributed by atoms with Crippen molar-refractivity contribution in [1.82, 2.24) is 0 Å². The molecule has 21 heavy (non-hydrogen) atoms. The smallest absolute Gasteiger partial charge is 0.265 e. The third-order valence-electron chi connectivity index (χ3n) is 3.01. The van der Waals surface area contributed by atoms with Gasteiger partial charge in [0.1, 0.15) is 11.6 Å². The summed E-state index contributed by atoms with van der Waals surface area (Å²) in [6, 6.07) is 11.8. The van der Waals surface area contributed by atoms with Gasteiger partial charge in [0.25, 0.3) is 5.91 Å². The molecule has 2 aromatic carbocycles. The molecule has 0 aliphatic carbocycles. The Morgan fingerprint density at radius 1 is 1.14 bits per heavy atom. The second-order valence-corrected chi connectivity index (χ2v) is 5.05. The average molecular weight is 287 g/mol. The third kappa shape index (κ3) is 4.05. The van der Waals surface area contributed by atoms with Crippen molar-refractivity contribution in [1.29, 1.82) is 0 Å². The fraction of sp³-hybridized carbons (Fsp3) is 0.235. The Labute approximate surface area is 123 Å². The Bertz CT molecular complexity index is 635. The minimum Gasteiger partial charge on any atom is -0.481 e. The summed E-state index contributed by atoms with van der Waals surface area (Å²) in [6.45, 7) is 5.56. The molecule has 1 amide bonds. The zero-order valence-electron chi connectivity index (χ0n) is 12.3. The SMILES string of the molecule is Cc1cc(C)cc(OC(C)C(=O)Nc2ccccc2F)c1. The van der Waals surface area contributed by atoms with Crippen molar-refractivity contribution in [3.63, 3.8) is 0 Å². The van der Waals surface area contributed by atoms with Gasteiger partial charge in [0.15, 0.2) is 6.10 Å². The van der Waals surface area contributed by atoms with E-state index in [4.69, 9.17) is 4.74 Å². The van der Waals surface area contributed by atoms with Crippen LogP contribution in [-0.2, 0) is 4.79 Å². The Morgan fingerprint density at radius 2 is 1.76 bits per heavy atom. The van der Waals surface area contributed by atoms with E-state index in [1.54, 1.807) is 19.1 Å². The fourth-order valence-corrected chi connectivity index (χ4v) is 2.06. The summed E-state index contributed by atoms with van der Waals surface area (Å²) >= 11 is 0. The van der Waals surface area contributed by atoms with Crippen LogP contribution in [0.2, 0.25) is 0 Å². The predicted octanol–water partition coefficient (Wildman–Crippen LogP) is 3.85. The molecule has 1 atom stereocenters. The number of carbonyl (C=O) groups is 1. The minimum atomic E-state index is -0.717. The topological polar surface area (TPSA) is 38.3 Å². The zero-order valence-corrected chi connectivity index (χ0v) is 12.3. The van der Waals surface area contributed by atoms with Gasteiger partial charge >= 0.3 is 0 Å². The molecule has 2 aromatic rings. The highest BCUT2D eigenvalue weighted by atomic mass is 19.1. The maximum atomic E-state index is 13.5. The van der Waals surface area contributed by atoms with Gasteiger partial charge in [-0.15, -0.1) is 0 Å². The van der Waals surface area contributed by atoms with Crippen molar-refractivity contribution in [2.45, 2.75) is 26.9 Å². The second kappa shape index (κ2) is 6.39. The average Bonchev–Trinajstić information content (AvgIpc) is 2.40. The second-order valence-electron chi connectivity index (χ2n) is 5.05. The first-order valence-corrected chi connectivity index (χ1v) is 6.76. The highest BCUT2D eigenvalue weighted by Crippen LogP contribution is 2.18. The van der Waals surface area contributed by atoms with E-state index in [2.05, 4.69) is 5.32 Å². The highest BCUT2D eigenvalue weighted by molar-refractivity contribution is 5.94. The molecule has 0 bridgehead atoms. The van der Waals surface area contributed by atoms with Crippen LogP contribution in [0.25, 0.3) is 0 Å². The summed E-state index contributed by atoms with van der Waals surface area (Å²) in [4.78, 5) is 12.0. The van der Waals surface area contributed by atoms with Gasteiger partial charge in [-0.3, -0.25) is 4.79 Å². The van der Waals surface area contributed by atoms with Crippen molar-refractivity contribution in [2.75, 3.05) is 5.32 Å². The number of carbonyl (C=O) groups excluding carboxylic acids is 1. The third-order valence-corrected chi connectivity index (χ3v) is 3.01. The molecule has 3 nitrogen and oxygen atoms in total. The first-order chi connectivity index (χ1) is 9.95. The van der Waals surface area contributed by atoms with E-state index in [9.17, 15) is 9.18 Å². The van der Waals surface area contributed by atoms with E-state index < -0.39 is 11.9 Å². The molecular weight excluding hydrogens is 269 g/mol. The van der Waals surface area contributed by atoms with E-state index in [1.807, 2.05) is 32.0 Å². The molecule has 110 valence electrons. The van der Waals surface area contributed by atoms with Crippen molar-refractivity contribution in [3.8, 4) is 5.75 Å². The Morgan fingerprint density at radius 3 is 2.38 bits per heavy atom. The lowest BCUT2D eigenvalue weighted by atomic mass is 10.1. The van der Waals surface area contributed by atoms with E-state index in [-0.39, 0.29) is 11.6 Å². The molecule has 0 heterocycles. The molecule has 0 saturated heterocycles. The molecule has 1 N–H and O–H groups in total. The summed E-state index contributed by atoms with van der Waals surface area (Å²) in [5, 5.41) is 2.52. The highest BCUT2D eigenvalue weighted by Gasteiger charge is 2.16. The quantitative estimate of drug-likeness (QED) is 0.927. The Hall–Kier alpha value is -2.36. The fourth-order valence-electron chi connectivity index (χ4n) is 2.06. The van der Waals surface area contributed by atoms with Crippen LogP contribution in [0.1, 0.15) is 18.1 Å². The number of halogens is 1. The number of anilines is 1. The van der Waals surface area contributed by atoms with Crippen LogP contribution < -0.4 is 10.1 Å². The van der Waals surface area contributed by atoms with Crippen LogP contribution in [0.4, 0.5) is 10.1 Å². The van der Waals surface area contributed by atoms with Crippen LogP contribution in [-0.4, -0.2) is 12.0 Å². The number of ether oxygens (including phenoxy) is 1. The number of hydrogen-bond donors (Lipinski definition) is 1. The van der Waals surface area contributed by atoms with E-state index in [0.29, 0.717) is 5.75 Å². The van der Waals surface area contributed by atoms with Crippen LogP contribution in [0, 0.1) is 19.7 Å². The van der Waals surface area contributed by atoms with E-state index in [0.717, 1.165) is 11.1 Å².